The van der Waals surface area contributed by atoms with Crippen LogP contribution < -0.4 is 10.1 Å². The summed E-state index contributed by atoms with van der Waals surface area (Å²) < 4.78 is 38.7. The Hall–Kier alpha value is -2.62. The van der Waals surface area contributed by atoms with Crippen molar-refractivity contribution in [3.8, 4) is 5.75 Å². The Morgan fingerprint density at radius 3 is 2.14 bits per heavy atom. The third-order valence-corrected chi connectivity index (χ3v) is 6.97. The molecule has 8 nitrogen and oxygen atoms in total. The van der Waals surface area contributed by atoms with Crippen LogP contribution in [0.2, 0.25) is 0 Å². The highest BCUT2D eigenvalue weighted by atomic mass is 32.2. The maximum absolute atomic E-state index is 13.5. The molecule has 0 fully saturated rings. The molecule has 0 heterocycles. The van der Waals surface area contributed by atoms with Gasteiger partial charge in [-0.25, -0.2) is 13.2 Å². The third-order valence-electron chi connectivity index (χ3n) is 5.12. The number of aliphatic hydroxyl groups excluding tert-OH is 1. The number of rotatable bonds is 11. The number of methoxy groups -OCH3 is 1. The van der Waals surface area contributed by atoms with Crippen molar-refractivity contribution in [2.75, 3.05) is 20.2 Å². The molecule has 0 aliphatic carbocycles. The monoisotopic (exact) mass is 506 g/mol. The van der Waals surface area contributed by atoms with Crippen molar-refractivity contribution in [2.45, 2.75) is 63.7 Å². The second kappa shape index (κ2) is 12.4. The number of nitrogens with zero attached hydrogens (tertiary/aromatic N) is 1. The number of benzene rings is 2. The second-order valence-corrected chi connectivity index (χ2v) is 11.8. The average molecular weight is 507 g/mol. The van der Waals surface area contributed by atoms with E-state index in [0.29, 0.717) is 12.2 Å². The minimum atomic E-state index is -3.91. The highest BCUT2D eigenvalue weighted by Crippen LogP contribution is 2.22. The normalized spacial score (nSPS) is 14.0. The fourth-order valence-electron chi connectivity index (χ4n) is 3.52. The van der Waals surface area contributed by atoms with E-state index in [4.69, 9.17) is 9.47 Å². The van der Waals surface area contributed by atoms with Crippen molar-refractivity contribution in [1.29, 1.82) is 0 Å². The molecule has 0 saturated heterocycles. The van der Waals surface area contributed by atoms with E-state index in [1.807, 2.05) is 44.2 Å². The Kier molecular flexibility index (Phi) is 10.1. The summed E-state index contributed by atoms with van der Waals surface area (Å²) in [5.74, 6) is 0.561. The summed E-state index contributed by atoms with van der Waals surface area (Å²) in [6.07, 6.45) is -1.56. The highest BCUT2D eigenvalue weighted by molar-refractivity contribution is 7.89. The average Bonchev–Trinajstić information content (AvgIpc) is 2.77. The summed E-state index contributed by atoms with van der Waals surface area (Å²) in [7, 11) is -2.40. The van der Waals surface area contributed by atoms with E-state index < -0.39 is 33.9 Å². The number of ether oxygens (including phenoxy) is 2. The van der Waals surface area contributed by atoms with Gasteiger partial charge in [0, 0.05) is 13.1 Å². The van der Waals surface area contributed by atoms with Crippen LogP contribution in [0.1, 0.15) is 40.2 Å². The van der Waals surface area contributed by atoms with Crippen LogP contribution in [0, 0.1) is 5.92 Å². The highest BCUT2D eigenvalue weighted by Gasteiger charge is 2.32. The van der Waals surface area contributed by atoms with E-state index in [0.717, 1.165) is 5.56 Å². The maximum atomic E-state index is 13.5. The van der Waals surface area contributed by atoms with E-state index in [1.165, 1.54) is 23.5 Å². The standard InChI is InChI=1S/C26H38N2O6S/c1-19(2)17-28(35(31,32)22-14-12-21(33-6)13-15-22)18-24(29)23(16-20-10-8-7-9-11-20)27-25(30)34-26(3,4)5/h7-15,19,23-24,29H,16-18H2,1-6H3,(H,27,30)/t23-,24-/m0/s1. The molecule has 1 amide bonds. The Morgan fingerprint density at radius 2 is 1.63 bits per heavy atom. The van der Waals surface area contributed by atoms with Crippen molar-refractivity contribution < 1.29 is 27.8 Å². The van der Waals surface area contributed by atoms with Gasteiger partial charge in [-0.2, -0.15) is 4.31 Å². The number of carbonyl (C=O) groups excluding carboxylic acids is 1. The van der Waals surface area contributed by atoms with Crippen molar-refractivity contribution >= 4 is 16.1 Å². The molecule has 0 aromatic heterocycles. The first-order chi connectivity index (χ1) is 16.3. The second-order valence-electron chi connectivity index (χ2n) is 9.90. The summed E-state index contributed by atoms with van der Waals surface area (Å²) >= 11 is 0. The third kappa shape index (κ3) is 9.16. The topological polar surface area (TPSA) is 105 Å². The summed E-state index contributed by atoms with van der Waals surface area (Å²) in [5.41, 5.74) is 0.175. The van der Waals surface area contributed by atoms with Gasteiger partial charge in [-0.1, -0.05) is 44.2 Å². The van der Waals surface area contributed by atoms with Crippen LogP contribution in [0.3, 0.4) is 0 Å². The molecule has 2 atom stereocenters. The van der Waals surface area contributed by atoms with Gasteiger partial charge in [-0.3, -0.25) is 0 Å². The van der Waals surface area contributed by atoms with Crippen LogP contribution >= 0.6 is 0 Å². The Balaban J connectivity index is 2.31. The SMILES string of the molecule is COc1ccc(S(=O)(=O)N(CC(C)C)C[C@H](O)[C@H](Cc2ccccc2)NC(=O)OC(C)(C)C)cc1. The van der Waals surface area contributed by atoms with E-state index in [1.54, 1.807) is 32.9 Å². The first-order valence-corrected chi connectivity index (χ1v) is 13.1. The van der Waals surface area contributed by atoms with Crippen LogP contribution in [0.15, 0.2) is 59.5 Å². The van der Waals surface area contributed by atoms with Gasteiger partial charge in [0.2, 0.25) is 10.0 Å². The van der Waals surface area contributed by atoms with E-state index in [-0.39, 0.29) is 23.9 Å². The van der Waals surface area contributed by atoms with Gasteiger partial charge < -0.3 is 19.9 Å². The largest absolute Gasteiger partial charge is 0.497 e. The van der Waals surface area contributed by atoms with Gasteiger partial charge >= 0.3 is 6.09 Å². The van der Waals surface area contributed by atoms with Crippen LogP contribution in [0.5, 0.6) is 5.75 Å². The summed E-state index contributed by atoms with van der Waals surface area (Å²) in [5, 5.41) is 13.9. The van der Waals surface area contributed by atoms with Crippen molar-refractivity contribution in [3.05, 3.63) is 60.2 Å². The maximum Gasteiger partial charge on any atom is 0.407 e. The number of sulfonamides is 1. The van der Waals surface area contributed by atoms with E-state index >= 15 is 0 Å². The molecular weight excluding hydrogens is 468 g/mol. The molecule has 0 spiro atoms. The minimum Gasteiger partial charge on any atom is -0.497 e. The predicted molar refractivity (Wildman–Crippen MR) is 136 cm³/mol. The number of carbonyl (C=O) groups is 1. The van der Waals surface area contributed by atoms with Crippen molar-refractivity contribution in [2.24, 2.45) is 5.92 Å². The molecule has 9 heteroatoms. The lowest BCUT2D eigenvalue weighted by molar-refractivity contribution is 0.0400. The van der Waals surface area contributed by atoms with Gasteiger partial charge in [0.05, 0.1) is 24.2 Å². The lowest BCUT2D eigenvalue weighted by Gasteiger charge is -2.31. The molecule has 194 valence electrons. The first kappa shape index (κ1) is 28.6. The fraction of sp³-hybridized carbons (Fsp3) is 0.500. The summed E-state index contributed by atoms with van der Waals surface area (Å²) in [4.78, 5) is 12.6. The summed E-state index contributed by atoms with van der Waals surface area (Å²) in [6, 6.07) is 14.7. The molecule has 0 aliphatic heterocycles. The molecule has 2 N–H and O–H groups in total. The number of hydrogen-bond acceptors (Lipinski definition) is 6. The zero-order valence-corrected chi connectivity index (χ0v) is 22.2. The summed E-state index contributed by atoms with van der Waals surface area (Å²) in [6.45, 7) is 9.07. The molecule has 0 saturated carbocycles. The molecule has 35 heavy (non-hydrogen) atoms. The first-order valence-electron chi connectivity index (χ1n) is 11.7. The lowest BCUT2D eigenvalue weighted by Crippen LogP contribution is -2.51. The van der Waals surface area contributed by atoms with E-state index in [2.05, 4.69) is 5.32 Å². The number of nitrogens with one attached hydrogen (secondary N) is 1. The quantitative estimate of drug-likeness (QED) is 0.480. The molecule has 2 aromatic carbocycles. The van der Waals surface area contributed by atoms with Gasteiger partial charge in [-0.05, 0) is 62.9 Å². The van der Waals surface area contributed by atoms with Gasteiger partial charge in [0.25, 0.3) is 0 Å². The molecule has 0 aliphatic rings. The molecule has 0 bridgehead atoms. The smallest absolute Gasteiger partial charge is 0.407 e. The van der Waals surface area contributed by atoms with E-state index in [9.17, 15) is 18.3 Å². The van der Waals surface area contributed by atoms with Crippen molar-refractivity contribution in [3.63, 3.8) is 0 Å². The number of alkyl carbamates (subject to hydrolysis) is 1. The zero-order valence-electron chi connectivity index (χ0n) is 21.4. The van der Waals surface area contributed by atoms with Crippen LogP contribution in [0.4, 0.5) is 4.79 Å². The van der Waals surface area contributed by atoms with Gasteiger partial charge in [-0.15, -0.1) is 0 Å². The van der Waals surface area contributed by atoms with Gasteiger partial charge in [0.1, 0.15) is 11.4 Å². The van der Waals surface area contributed by atoms with Gasteiger partial charge in [0.15, 0.2) is 0 Å². The molecule has 0 unspecified atom stereocenters. The Labute approximate surface area is 209 Å². The van der Waals surface area contributed by atoms with Crippen LogP contribution in [-0.4, -0.2) is 61.9 Å². The zero-order chi connectivity index (χ0) is 26.2. The molecule has 2 aromatic rings. The molecule has 2 rings (SSSR count). The minimum absolute atomic E-state index is 0.0154. The molecule has 0 radical (unpaired) electrons. The fourth-order valence-corrected chi connectivity index (χ4v) is 5.14. The number of amides is 1. The van der Waals surface area contributed by atoms with Crippen LogP contribution in [0.25, 0.3) is 0 Å². The predicted octanol–water partition coefficient (Wildman–Crippen LogP) is 3.84. The molecular formula is C26H38N2O6S. The number of hydrogen-bond donors (Lipinski definition) is 2. The Bertz CT molecular complexity index is 1030. The van der Waals surface area contributed by atoms with Crippen LogP contribution in [-0.2, 0) is 21.2 Å². The number of aliphatic hydroxyl groups is 1. The lowest BCUT2D eigenvalue weighted by atomic mass is 10.0. The van der Waals surface area contributed by atoms with Crippen molar-refractivity contribution in [1.82, 2.24) is 9.62 Å². The Morgan fingerprint density at radius 1 is 1.03 bits per heavy atom.